The van der Waals surface area contributed by atoms with Gasteiger partial charge in [0.25, 0.3) is 0 Å². The lowest BCUT2D eigenvalue weighted by atomic mass is 10.3. The number of aromatic nitrogens is 2. The van der Waals surface area contributed by atoms with Crippen LogP contribution in [0.25, 0.3) is 5.69 Å². The van der Waals surface area contributed by atoms with Crippen LogP contribution >= 0.6 is 27.5 Å². The molecule has 7 heteroatoms. The van der Waals surface area contributed by atoms with Crippen LogP contribution in [0.15, 0.2) is 30.3 Å². The molecule has 96 valence electrons. The topological polar surface area (TPSA) is 17.8 Å². The number of para-hydroxylation sites is 1. The van der Waals surface area contributed by atoms with E-state index in [2.05, 4.69) is 21.0 Å². The zero-order valence-corrected chi connectivity index (χ0v) is 11.2. The van der Waals surface area contributed by atoms with Gasteiger partial charge in [0.1, 0.15) is 0 Å². The Kier molecular flexibility index (Phi) is 3.68. The van der Waals surface area contributed by atoms with Crippen LogP contribution in [0, 0.1) is 0 Å². The van der Waals surface area contributed by atoms with Gasteiger partial charge in [0, 0.05) is 5.33 Å². The van der Waals surface area contributed by atoms with Crippen molar-refractivity contribution in [2.24, 2.45) is 0 Å². The van der Waals surface area contributed by atoms with E-state index in [1.807, 2.05) is 0 Å². The fraction of sp³-hybridized carbons (Fsp3) is 0.182. The second-order valence-corrected chi connectivity index (χ2v) is 4.48. The molecular formula is C11H7BrClF3N2. The molecule has 0 bridgehead atoms. The quantitative estimate of drug-likeness (QED) is 0.740. The maximum atomic E-state index is 12.6. The van der Waals surface area contributed by atoms with Crippen LogP contribution in [0.4, 0.5) is 13.2 Å². The van der Waals surface area contributed by atoms with Crippen LogP contribution < -0.4 is 0 Å². The van der Waals surface area contributed by atoms with Crippen molar-refractivity contribution in [1.29, 1.82) is 0 Å². The standard InChI is InChI=1S/C11H7BrClF3N2/c12-6-7-5-10(11(14,15)16)17-18(7)9-4-2-1-3-8(9)13/h1-5H,6H2. The van der Waals surface area contributed by atoms with Gasteiger partial charge in [-0.05, 0) is 18.2 Å². The lowest BCUT2D eigenvalue weighted by molar-refractivity contribution is -0.141. The van der Waals surface area contributed by atoms with Gasteiger partial charge < -0.3 is 0 Å². The third kappa shape index (κ3) is 2.54. The first-order chi connectivity index (χ1) is 8.43. The summed E-state index contributed by atoms with van der Waals surface area (Å²) in [5, 5.41) is 4.16. The Hall–Kier alpha value is -1.01. The van der Waals surface area contributed by atoms with E-state index in [0.717, 1.165) is 6.07 Å². The summed E-state index contributed by atoms with van der Waals surface area (Å²) in [4.78, 5) is 0. The lowest BCUT2D eigenvalue weighted by Gasteiger charge is -2.07. The minimum Gasteiger partial charge on any atom is -0.235 e. The average Bonchev–Trinajstić information content (AvgIpc) is 2.73. The summed E-state index contributed by atoms with van der Waals surface area (Å²) in [5.74, 6) is 0. The number of hydrogen-bond acceptors (Lipinski definition) is 1. The number of benzene rings is 1. The molecule has 0 aliphatic heterocycles. The molecule has 0 aliphatic rings. The molecule has 0 saturated heterocycles. The molecule has 2 nitrogen and oxygen atoms in total. The van der Waals surface area contributed by atoms with Gasteiger partial charge in [-0.2, -0.15) is 18.3 Å². The summed E-state index contributed by atoms with van der Waals surface area (Å²) < 4.78 is 39.0. The molecule has 0 N–H and O–H groups in total. The van der Waals surface area contributed by atoms with Crippen LogP contribution in [-0.2, 0) is 11.5 Å². The Morgan fingerprint density at radius 3 is 2.50 bits per heavy atom. The van der Waals surface area contributed by atoms with Crippen molar-refractivity contribution < 1.29 is 13.2 Å². The fourth-order valence-electron chi connectivity index (χ4n) is 1.49. The Morgan fingerprint density at radius 1 is 1.28 bits per heavy atom. The van der Waals surface area contributed by atoms with Crippen LogP contribution in [0.3, 0.4) is 0 Å². The Bertz CT molecular complexity index is 566. The summed E-state index contributed by atoms with van der Waals surface area (Å²) in [6.45, 7) is 0. The fourth-order valence-corrected chi connectivity index (χ4v) is 2.10. The minimum atomic E-state index is -4.47. The summed E-state index contributed by atoms with van der Waals surface area (Å²) in [5.41, 5.74) is -0.128. The van der Waals surface area contributed by atoms with Crippen LogP contribution in [0.1, 0.15) is 11.4 Å². The molecule has 0 unspecified atom stereocenters. The van der Waals surface area contributed by atoms with Crippen LogP contribution in [-0.4, -0.2) is 9.78 Å². The Balaban J connectivity index is 2.58. The minimum absolute atomic E-state index is 0.251. The van der Waals surface area contributed by atoms with Gasteiger partial charge in [-0.1, -0.05) is 39.7 Å². The summed E-state index contributed by atoms with van der Waals surface area (Å²) in [6.07, 6.45) is -4.47. The number of rotatable bonds is 2. The normalized spacial score (nSPS) is 11.8. The molecular weight excluding hydrogens is 332 g/mol. The number of halogens is 5. The largest absolute Gasteiger partial charge is 0.435 e. The zero-order chi connectivity index (χ0) is 13.3. The van der Waals surface area contributed by atoms with E-state index < -0.39 is 11.9 Å². The predicted molar refractivity (Wildman–Crippen MR) is 66.2 cm³/mol. The molecule has 2 aromatic rings. The van der Waals surface area contributed by atoms with Crippen molar-refractivity contribution in [3.8, 4) is 5.69 Å². The molecule has 0 saturated carbocycles. The highest BCUT2D eigenvalue weighted by atomic mass is 79.9. The van der Waals surface area contributed by atoms with Gasteiger partial charge >= 0.3 is 6.18 Å². The molecule has 0 fully saturated rings. The molecule has 0 amide bonds. The van der Waals surface area contributed by atoms with Crippen molar-refractivity contribution >= 4 is 27.5 Å². The lowest BCUT2D eigenvalue weighted by Crippen LogP contribution is -2.07. The van der Waals surface area contributed by atoms with Gasteiger partial charge in [-0.15, -0.1) is 0 Å². The van der Waals surface area contributed by atoms with Gasteiger partial charge in [0.2, 0.25) is 0 Å². The number of alkyl halides is 4. The molecule has 0 aliphatic carbocycles. The van der Waals surface area contributed by atoms with E-state index in [1.165, 1.54) is 4.68 Å². The summed E-state index contributed by atoms with van der Waals surface area (Å²) in [6, 6.07) is 7.60. The second-order valence-electron chi connectivity index (χ2n) is 3.52. The van der Waals surface area contributed by atoms with Crippen LogP contribution in [0.5, 0.6) is 0 Å². The Morgan fingerprint density at radius 2 is 1.94 bits per heavy atom. The highest BCUT2D eigenvalue weighted by Crippen LogP contribution is 2.31. The first kappa shape index (κ1) is 13.4. The third-order valence-electron chi connectivity index (χ3n) is 2.29. The van der Waals surface area contributed by atoms with Crippen molar-refractivity contribution in [3.63, 3.8) is 0 Å². The number of nitrogens with zero attached hydrogens (tertiary/aromatic N) is 2. The second kappa shape index (κ2) is 4.93. The van der Waals surface area contributed by atoms with Gasteiger partial charge in [0.15, 0.2) is 5.69 Å². The van der Waals surface area contributed by atoms with Gasteiger partial charge in [-0.25, -0.2) is 4.68 Å². The highest BCUT2D eigenvalue weighted by molar-refractivity contribution is 9.08. The molecule has 0 spiro atoms. The monoisotopic (exact) mass is 338 g/mol. The Labute approximate surface area is 114 Å². The molecule has 2 rings (SSSR count). The van der Waals surface area contributed by atoms with Crippen molar-refractivity contribution in [2.75, 3.05) is 0 Å². The van der Waals surface area contributed by atoms with E-state index in [4.69, 9.17) is 11.6 Å². The maximum absolute atomic E-state index is 12.6. The SMILES string of the molecule is FC(F)(F)c1cc(CBr)n(-c2ccccc2Cl)n1. The average molecular weight is 340 g/mol. The van der Waals surface area contributed by atoms with E-state index in [1.54, 1.807) is 24.3 Å². The summed E-state index contributed by atoms with van der Waals surface area (Å²) >= 11 is 9.09. The van der Waals surface area contributed by atoms with Crippen molar-refractivity contribution in [2.45, 2.75) is 11.5 Å². The van der Waals surface area contributed by atoms with Crippen molar-refractivity contribution in [3.05, 3.63) is 46.7 Å². The maximum Gasteiger partial charge on any atom is 0.435 e. The smallest absolute Gasteiger partial charge is 0.235 e. The van der Waals surface area contributed by atoms with E-state index in [9.17, 15) is 13.2 Å². The molecule has 0 radical (unpaired) electrons. The van der Waals surface area contributed by atoms with Crippen LogP contribution in [0.2, 0.25) is 5.02 Å². The molecule has 1 aromatic carbocycles. The van der Waals surface area contributed by atoms with E-state index >= 15 is 0 Å². The summed E-state index contributed by atoms with van der Waals surface area (Å²) in [7, 11) is 0. The first-order valence-corrected chi connectivity index (χ1v) is 6.40. The molecule has 18 heavy (non-hydrogen) atoms. The highest BCUT2D eigenvalue weighted by Gasteiger charge is 2.35. The van der Waals surface area contributed by atoms with Gasteiger partial charge in [0.05, 0.1) is 16.4 Å². The molecule has 1 heterocycles. The van der Waals surface area contributed by atoms with E-state index in [0.29, 0.717) is 16.4 Å². The molecule has 1 aromatic heterocycles. The van der Waals surface area contributed by atoms with Crippen molar-refractivity contribution in [1.82, 2.24) is 9.78 Å². The van der Waals surface area contributed by atoms with Gasteiger partial charge in [-0.3, -0.25) is 0 Å². The van der Waals surface area contributed by atoms with E-state index in [-0.39, 0.29) is 5.33 Å². The molecule has 0 atom stereocenters. The zero-order valence-electron chi connectivity index (χ0n) is 8.88. The first-order valence-electron chi connectivity index (χ1n) is 4.90. The predicted octanol–water partition coefficient (Wildman–Crippen LogP) is 4.44. The third-order valence-corrected chi connectivity index (χ3v) is 3.19. The number of hydrogen-bond donors (Lipinski definition) is 0.